The molecule has 1 fully saturated rings. The minimum atomic E-state index is -0.0342. The van der Waals surface area contributed by atoms with Crippen LogP contribution in [0.3, 0.4) is 0 Å². The van der Waals surface area contributed by atoms with Gasteiger partial charge in [0.25, 0.3) is 5.91 Å². The van der Waals surface area contributed by atoms with E-state index < -0.39 is 0 Å². The summed E-state index contributed by atoms with van der Waals surface area (Å²) in [4.78, 5) is 29.6. The van der Waals surface area contributed by atoms with Crippen molar-refractivity contribution in [3.63, 3.8) is 0 Å². The third-order valence-corrected chi connectivity index (χ3v) is 6.62. The zero-order valence-electron chi connectivity index (χ0n) is 22.5. The lowest BCUT2D eigenvalue weighted by Gasteiger charge is -2.13. The van der Waals surface area contributed by atoms with Gasteiger partial charge < -0.3 is 10.6 Å². The van der Waals surface area contributed by atoms with Crippen molar-refractivity contribution < 1.29 is 9.59 Å². The highest BCUT2D eigenvalue weighted by atomic mass is 16.1. The van der Waals surface area contributed by atoms with Crippen LogP contribution in [0.25, 0.3) is 28.2 Å². The average Bonchev–Trinajstić information content (AvgIpc) is 3.61. The minimum Gasteiger partial charge on any atom is -0.382 e. The first-order valence-electron chi connectivity index (χ1n) is 13.5. The van der Waals surface area contributed by atoms with E-state index in [4.69, 9.17) is 10.1 Å². The molecule has 2 aromatic carbocycles. The number of fused-ring (bicyclic) bond motifs is 1. The molecule has 196 valence electrons. The van der Waals surface area contributed by atoms with Gasteiger partial charge in [-0.2, -0.15) is 5.10 Å². The maximum Gasteiger partial charge on any atom is 0.251 e. The van der Waals surface area contributed by atoms with Crippen LogP contribution in [-0.2, 0) is 0 Å². The number of benzene rings is 2. The predicted octanol–water partition coefficient (Wildman–Crippen LogP) is 6.25. The van der Waals surface area contributed by atoms with E-state index in [0.29, 0.717) is 29.9 Å². The molecule has 2 aromatic heterocycles. The van der Waals surface area contributed by atoms with Crippen LogP contribution in [0.1, 0.15) is 67.7 Å². The van der Waals surface area contributed by atoms with Gasteiger partial charge in [0.15, 0.2) is 11.4 Å². The zero-order valence-corrected chi connectivity index (χ0v) is 22.5. The molecule has 1 aliphatic rings. The molecule has 38 heavy (non-hydrogen) atoms. The van der Waals surface area contributed by atoms with Crippen LogP contribution in [0.15, 0.2) is 60.8 Å². The summed E-state index contributed by atoms with van der Waals surface area (Å²) in [5.74, 6) is 0.900. The molecule has 5 rings (SSSR count). The fourth-order valence-electron chi connectivity index (χ4n) is 4.35. The lowest BCUT2D eigenvalue weighted by Crippen LogP contribution is -2.25. The second-order valence-electron chi connectivity index (χ2n) is 11.0. The van der Waals surface area contributed by atoms with Gasteiger partial charge in [-0.05, 0) is 42.9 Å². The summed E-state index contributed by atoms with van der Waals surface area (Å²) >= 11 is 0. The number of nitrogens with one attached hydrogen (secondary N) is 2. The normalized spacial score (nSPS) is 13.3. The molecule has 0 spiro atoms. The number of ketones is 1. The van der Waals surface area contributed by atoms with Gasteiger partial charge >= 0.3 is 0 Å². The van der Waals surface area contributed by atoms with Crippen LogP contribution in [0.5, 0.6) is 0 Å². The van der Waals surface area contributed by atoms with Gasteiger partial charge in [-0.3, -0.25) is 9.59 Å². The molecule has 7 heteroatoms. The highest BCUT2D eigenvalue weighted by Crippen LogP contribution is 2.29. The Balaban J connectivity index is 1.50. The van der Waals surface area contributed by atoms with Crippen molar-refractivity contribution in [3.05, 3.63) is 71.9 Å². The summed E-state index contributed by atoms with van der Waals surface area (Å²) in [7, 11) is 0. The van der Waals surface area contributed by atoms with E-state index in [2.05, 4.69) is 38.3 Å². The lowest BCUT2D eigenvalue weighted by molar-refractivity contribution is 0.0947. The second kappa shape index (κ2) is 10.8. The molecule has 2 N–H and O–H groups in total. The van der Waals surface area contributed by atoms with Gasteiger partial charge in [-0.1, -0.05) is 64.1 Å². The second-order valence-corrected chi connectivity index (χ2v) is 11.0. The van der Waals surface area contributed by atoms with Gasteiger partial charge in [0.2, 0.25) is 0 Å². The van der Waals surface area contributed by atoms with Crippen LogP contribution < -0.4 is 10.6 Å². The first-order chi connectivity index (χ1) is 18.3. The van der Waals surface area contributed by atoms with Crippen molar-refractivity contribution >= 4 is 23.0 Å². The van der Waals surface area contributed by atoms with E-state index in [0.717, 1.165) is 58.8 Å². The van der Waals surface area contributed by atoms with Crippen molar-refractivity contribution in [1.29, 1.82) is 0 Å². The van der Waals surface area contributed by atoms with Crippen molar-refractivity contribution in [2.75, 3.05) is 11.9 Å². The summed E-state index contributed by atoms with van der Waals surface area (Å²) in [5, 5.41) is 11.5. The molecule has 2 heterocycles. The van der Waals surface area contributed by atoms with Crippen LogP contribution in [0, 0.1) is 11.8 Å². The molecule has 7 nitrogen and oxygen atoms in total. The van der Waals surface area contributed by atoms with Gasteiger partial charge in [0, 0.05) is 41.3 Å². The number of rotatable bonds is 10. The summed E-state index contributed by atoms with van der Waals surface area (Å²) in [5.41, 5.74) is 6.48. The molecular formula is C31H35N5O2. The highest BCUT2D eigenvalue weighted by molar-refractivity contribution is 5.96. The molecule has 1 amide bonds. The number of anilines is 1. The minimum absolute atomic E-state index is 0.0342. The topological polar surface area (TPSA) is 88.4 Å². The summed E-state index contributed by atoms with van der Waals surface area (Å²) in [6, 6.07) is 17.6. The van der Waals surface area contributed by atoms with Crippen molar-refractivity contribution in [2.24, 2.45) is 11.8 Å². The number of carbonyl (C=O) groups excluding carboxylic acids is 2. The average molecular weight is 510 g/mol. The third-order valence-electron chi connectivity index (χ3n) is 6.62. The number of nitrogens with zero attached hydrogens (tertiary/aromatic N) is 3. The molecule has 0 aliphatic heterocycles. The number of hydrogen-bond acceptors (Lipinski definition) is 5. The van der Waals surface area contributed by atoms with E-state index in [9.17, 15) is 9.59 Å². The number of Topliss-reactive ketones (excluding diaryl/α,β-unsaturated/α-hetero) is 1. The number of carbonyl (C=O) groups is 2. The largest absolute Gasteiger partial charge is 0.382 e. The van der Waals surface area contributed by atoms with Gasteiger partial charge in [0.05, 0.1) is 23.3 Å². The Kier molecular flexibility index (Phi) is 7.27. The molecule has 0 unspecified atom stereocenters. The zero-order chi connectivity index (χ0) is 26.8. The van der Waals surface area contributed by atoms with E-state index in [1.54, 1.807) is 0 Å². The standard InChI is InChI=1S/C31H35N5O2/c1-19(2)15-29(37)23-9-5-21(6-10-23)26-16-27(32-17-20(3)4)30-33-18-28(36(30)35-26)22-7-11-24(12-8-22)31(38)34-25-13-14-25/h5-12,16,18-20,25,32H,13-15,17H2,1-4H3,(H,34,38). The Morgan fingerprint density at radius 2 is 1.58 bits per heavy atom. The Labute approximate surface area is 223 Å². The van der Waals surface area contributed by atoms with Gasteiger partial charge in [-0.25, -0.2) is 9.50 Å². The Morgan fingerprint density at radius 1 is 0.921 bits per heavy atom. The molecule has 4 aromatic rings. The first kappa shape index (κ1) is 25.6. The number of hydrogen-bond donors (Lipinski definition) is 2. The molecule has 1 saturated carbocycles. The molecule has 0 saturated heterocycles. The molecule has 0 bridgehead atoms. The molecular weight excluding hydrogens is 474 g/mol. The lowest BCUT2D eigenvalue weighted by atomic mass is 9.99. The Hall–Kier alpha value is -4.00. The summed E-state index contributed by atoms with van der Waals surface area (Å²) < 4.78 is 1.86. The van der Waals surface area contributed by atoms with E-state index >= 15 is 0 Å². The highest BCUT2D eigenvalue weighted by Gasteiger charge is 2.24. The Morgan fingerprint density at radius 3 is 2.21 bits per heavy atom. The van der Waals surface area contributed by atoms with Crippen LogP contribution in [0.2, 0.25) is 0 Å². The van der Waals surface area contributed by atoms with Crippen LogP contribution in [0.4, 0.5) is 5.69 Å². The third kappa shape index (κ3) is 5.77. The monoisotopic (exact) mass is 509 g/mol. The number of imidazole rings is 1. The fraction of sp³-hybridized carbons (Fsp3) is 0.355. The summed E-state index contributed by atoms with van der Waals surface area (Å²) in [6.45, 7) is 9.23. The van der Waals surface area contributed by atoms with E-state index in [1.165, 1.54) is 0 Å². The van der Waals surface area contributed by atoms with Gasteiger partial charge in [0.1, 0.15) is 0 Å². The maximum absolute atomic E-state index is 12.5. The predicted molar refractivity (Wildman–Crippen MR) is 151 cm³/mol. The Bertz CT molecular complexity index is 1450. The smallest absolute Gasteiger partial charge is 0.251 e. The quantitative estimate of drug-likeness (QED) is 0.247. The van der Waals surface area contributed by atoms with Crippen molar-refractivity contribution in [3.8, 4) is 22.5 Å². The van der Waals surface area contributed by atoms with Crippen LogP contribution in [-0.4, -0.2) is 38.9 Å². The fourth-order valence-corrected chi connectivity index (χ4v) is 4.35. The maximum atomic E-state index is 12.5. The van der Waals surface area contributed by atoms with E-state index in [1.807, 2.05) is 65.3 Å². The van der Waals surface area contributed by atoms with Crippen molar-refractivity contribution in [2.45, 2.75) is 53.0 Å². The summed E-state index contributed by atoms with van der Waals surface area (Å²) in [6.07, 6.45) is 4.47. The molecule has 1 aliphatic carbocycles. The molecule has 0 radical (unpaired) electrons. The number of aromatic nitrogens is 3. The SMILES string of the molecule is CC(C)CNc1cc(-c2ccc(C(=O)CC(C)C)cc2)nn2c(-c3ccc(C(=O)NC4CC4)cc3)cnc12. The van der Waals surface area contributed by atoms with Crippen molar-refractivity contribution in [1.82, 2.24) is 19.9 Å². The van der Waals surface area contributed by atoms with Gasteiger partial charge in [-0.15, -0.1) is 0 Å². The number of amides is 1. The van der Waals surface area contributed by atoms with E-state index in [-0.39, 0.29) is 11.7 Å². The van der Waals surface area contributed by atoms with Crippen LogP contribution >= 0.6 is 0 Å². The molecule has 0 atom stereocenters. The first-order valence-corrected chi connectivity index (χ1v) is 13.5.